The number of likely N-dealkylation sites (N-methyl/N-ethyl adjacent to an activating group) is 1. The summed E-state index contributed by atoms with van der Waals surface area (Å²) in [5.74, 6) is -0.171. The number of rotatable bonds is 1. The van der Waals surface area contributed by atoms with Crippen molar-refractivity contribution in [3.63, 3.8) is 0 Å². The van der Waals surface area contributed by atoms with Gasteiger partial charge in [0.1, 0.15) is 5.82 Å². The van der Waals surface area contributed by atoms with E-state index in [4.69, 9.17) is 11.6 Å². The van der Waals surface area contributed by atoms with Crippen LogP contribution < -0.4 is 0 Å². The van der Waals surface area contributed by atoms with E-state index in [1.807, 2.05) is 12.1 Å². The highest BCUT2D eigenvalue weighted by atomic mass is 35.5. The van der Waals surface area contributed by atoms with Gasteiger partial charge in [-0.3, -0.25) is 4.90 Å². The summed E-state index contributed by atoms with van der Waals surface area (Å²) < 4.78 is 13.7. The lowest BCUT2D eigenvalue weighted by Crippen LogP contribution is -2.46. The first-order valence-electron chi connectivity index (χ1n) is 8.28. The van der Waals surface area contributed by atoms with E-state index >= 15 is 0 Å². The standard InChI is InChI=1S/C19H20ClFN2S/c1-22-6-8-23(9-7-22)17-10-13-2-4-15(21)12-19(13)24-18-5-3-14(20)11-16(17)18/h2-5,11-12,17H,6-10H2,1H3. The zero-order chi connectivity index (χ0) is 16.7. The van der Waals surface area contributed by atoms with Crippen LogP contribution in [0.3, 0.4) is 0 Å². The average molecular weight is 363 g/mol. The Morgan fingerprint density at radius 2 is 1.83 bits per heavy atom. The quantitative estimate of drug-likeness (QED) is 0.738. The summed E-state index contributed by atoms with van der Waals surface area (Å²) in [5.41, 5.74) is 2.49. The first-order valence-corrected chi connectivity index (χ1v) is 9.48. The van der Waals surface area contributed by atoms with Crippen LogP contribution in [0.1, 0.15) is 17.2 Å². The van der Waals surface area contributed by atoms with E-state index in [1.54, 1.807) is 23.9 Å². The zero-order valence-electron chi connectivity index (χ0n) is 13.6. The van der Waals surface area contributed by atoms with Crippen molar-refractivity contribution in [2.24, 2.45) is 0 Å². The Morgan fingerprint density at radius 3 is 2.62 bits per heavy atom. The van der Waals surface area contributed by atoms with Gasteiger partial charge >= 0.3 is 0 Å². The van der Waals surface area contributed by atoms with E-state index in [-0.39, 0.29) is 5.82 Å². The summed E-state index contributed by atoms with van der Waals surface area (Å²) in [6.45, 7) is 4.26. The normalized spacial score (nSPS) is 21.9. The van der Waals surface area contributed by atoms with Crippen molar-refractivity contribution in [1.29, 1.82) is 0 Å². The molecule has 1 unspecified atom stereocenters. The Labute approximate surface area is 151 Å². The molecule has 1 fully saturated rings. The fraction of sp³-hybridized carbons (Fsp3) is 0.368. The molecule has 1 saturated heterocycles. The number of halogens is 2. The van der Waals surface area contributed by atoms with Gasteiger partial charge in [0.2, 0.25) is 0 Å². The molecule has 0 aliphatic carbocycles. The molecular formula is C19H20ClFN2S. The average Bonchev–Trinajstić information content (AvgIpc) is 2.72. The molecule has 5 heteroatoms. The van der Waals surface area contributed by atoms with Crippen molar-refractivity contribution >= 4 is 23.4 Å². The molecule has 2 aliphatic rings. The minimum absolute atomic E-state index is 0.171. The Bertz CT molecular complexity index is 759. The van der Waals surface area contributed by atoms with Gasteiger partial charge in [-0.25, -0.2) is 4.39 Å². The van der Waals surface area contributed by atoms with Crippen LogP contribution in [0.4, 0.5) is 4.39 Å². The molecule has 0 amide bonds. The second kappa shape index (κ2) is 6.68. The molecule has 2 heterocycles. The largest absolute Gasteiger partial charge is 0.304 e. The molecule has 24 heavy (non-hydrogen) atoms. The third kappa shape index (κ3) is 3.21. The molecule has 0 spiro atoms. The van der Waals surface area contributed by atoms with Gasteiger partial charge in [0.05, 0.1) is 0 Å². The van der Waals surface area contributed by atoms with Gasteiger partial charge in [-0.05, 0) is 54.9 Å². The summed E-state index contributed by atoms with van der Waals surface area (Å²) >= 11 is 7.96. The van der Waals surface area contributed by atoms with Gasteiger partial charge in [0.25, 0.3) is 0 Å². The van der Waals surface area contributed by atoms with Crippen LogP contribution in [0.25, 0.3) is 0 Å². The summed E-state index contributed by atoms with van der Waals surface area (Å²) in [6.07, 6.45) is 0.902. The molecule has 4 rings (SSSR count). The van der Waals surface area contributed by atoms with Crippen LogP contribution in [0.15, 0.2) is 46.2 Å². The second-order valence-corrected chi connectivity index (χ2v) is 8.12. The van der Waals surface area contributed by atoms with Crippen LogP contribution in [0, 0.1) is 5.82 Å². The summed E-state index contributed by atoms with van der Waals surface area (Å²) in [5, 5.41) is 0.769. The molecule has 126 valence electrons. The van der Waals surface area contributed by atoms with E-state index < -0.39 is 0 Å². The molecule has 0 N–H and O–H groups in total. The second-order valence-electron chi connectivity index (χ2n) is 6.60. The Kier molecular flexibility index (Phi) is 4.56. The molecule has 0 bridgehead atoms. The van der Waals surface area contributed by atoms with Gasteiger partial charge in [-0.15, -0.1) is 0 Å². The molecule has 2 aromatic rings. The monoisotopic (exact) mass is 362 g/mol. The van der Waals surface area contributed by atoms with E-state index in [0.717, 1.165) is 42.5 Å². The Morgan fingerprint density at radius 1 is 1.04 bits per heavy atom. The van der Waals surface area contributed by atoms with Crippen LogP contribution >= 0.6 is 23.4 Å². The lowest BCUT2D eigenvalue weighted by molar-refractivity contribution is 0.110. The molecule has 2 aliphatic heterocycles. The van der Waals surface area contributed by atoms with Gasteiger partial charge in [-0.1, -0.05) is 29.4 Å². The molecular weight excluding hydrogens is 343 g/mol. The third-order valence-electron chi connectivity index (χ3n) is 4.97. The van der Waals surface area contributed by atoms with Crippen molar-refractivity contribution in [1.82, 2.24) is 9.80 Å². The highest BCUT2D eigenvalue weighted by Crippen LogP contribution is 2.44. The van der Waals surface area contributed by atoms with Crippen LogP contribution in [0.5, 0.6) is 0 Å². The summed E-state index contributed by atoms with van der Waals surface area (Å²) in [7, 11) is 2.17. The van der Waals surface area contributed by atoms with Crippen LogP contribution in [-0.2, 0) is 6.42 Å². The van der Waals surface area contributed by atoms with Crippen molar-refractivity contribution < 1.29 is 4.39 Å². The van der Waals surface area contributed by atoms with E-state index in [9.17, 15) is 4.39 Å². The first kappa shape index (κ1) is 16.4. The number of benzene rings is 2. The van der Waals surface area contributed by atoms with Gasteiger partial charge in [0, 0.05) is 47.0 Å². The fourth-order valence-electron chi connectivity index (χ4n) is 3.56. The van der Waals surface area contributed by atoms with Crippen LogP contribution in [0.2, 0.25) is 5.02 Å². The maximum absolute atomic E-state index is 13.7. The molecule has 0 radical (unpaired) electrons. The number of hydrogen-bond acceptors (Lipinski definition) is 3. The maximum atomic E-state index is 13.7. The number of piperazine rings is 1. The van der Waals surface area contributed by atoms with Crippen molar-refractivity contribution in [3.05, 3.63) is 58.4 Å². The van der Waals surface area contributed by atoms with Gasteiger partial charge in [0.15, 0.2) is 0 Å². The maximum Gasteiger partial charge on any atom is 0.124 e. The van der Waals surface area contributed by atoms with Gasteiger partial charge in [-0.2, -0.15) is 0 Å². The van der Waals surface area contributed by atoms with E-state index in [0.29, 0.717) is 6.04 Å². The molecule has 1 atom stereocenters. The first-order chi connectivity index (χ1) is 11.6. The molecule has 0 aromatic heterocycles. The Hall–Kier alpha value is -1.07. The predicted octanol–water partition coefficient (Wildman–Crippen LogP) is 4.47. The lowest BCUT2D eigenvalue weighted by Gasteiger charge is -2.38. The summed E-state index contributed by atoms with van der Waals surface area (Å²) in [6, 6.07) is 11.6. The lowest BCUT2D eigenvalue weighted by atomic mass is 9.96. The SMILES string of the molecule is CN1CCN(C2Cc3ccc(F)cc3Sc3ccc(Cl)cc32)CC1. The number of nitrogens with zero attached hydrogens (tertiary/aromatic N) is 2. The highest BCUT2D eigenvalue weighted by molar-refractivity contribution is 7.99. The number of fused-ring (bicyclic) bond motifs is 2. The van der Waals surface area contributed by atoms with E-state index in [2.05, 4.69) is 29.0 Å². The fourth-order valence-corrected chi connectivity index (χ4v) is 4.88. The molecule has 0 saturated carbocycles. The summed E-state index contributed by atoms with van der Waals surface area (Å²) in [4.78, 5) is 7.13. The minimum atomic E-state index is -0.171. The van der Waals surface area contributed by atoms with E-state index in [1.165, 1.54) is 16.0 Å². The third-order valence-corrected chi connectivity index (χ3v) is 6.40. The molecule has 2 nitrogen and oxygen atoms in total. The topological polar surface area (TPSA) is 6.48 Å². The Balaban J connectivity index is 1.77. The zero-order valence-corrected chi connectivity index (χ0v) is 15.2. The number of hydrogen-bond donors (Lipinski definition) is 0. The smallest absolute Gasteiger partial charge is 0.124 e. The van der Waals surface area contributed by atoms with Crippen molar-refractivity contribution in [2.45, 2.75) is 22.3 Å². The van der Waals surface area contributed by atoms with Crippen LogP contribution in [-0.4, -0.2) is 43.0 Å². The molecule has 2 aromatic carbocycles. The van der Waals surface area contributed by atoms with Crippen molar-refractivity contribution in [3.8, 4) is 0 Å². The predicted molar refractivity (Wildman–Crippen MR) is 97.5 cm³/mol. The minimum Gasteiger partial charge on any atom is -0.304 e. The highest BCUT2D eigenvalue weighted by Gasteiger charge is 2.29. The van der Waals surface area contributed by atoms with Crippen molar-refractivity contribution in [2.75, 3.05) is 33.2 Å². The van der Waals surface area contributed by atoms with Gasteiger partial charge < -0.3 is 4.90 Å².